The molecule has 1 aromatic heterocycles. The molecule has 0 amide bonds. The number of nitrogens with zero attached hydrogens (tertiary/aromatic N) is 2. The normalized spacial score (nSPS) is 15.8. The molecule has 1 aliphatic heterocycles. The summed E-state index contributed by atoms with van der Waals surface area (Å²) in [4.78, 5) is 6.86. The number of benzene rings is 2. The van der Waals surface area contributed by atoms with E-state index >= 15 is 0 Å². The fourth-order valence-electron chi connectivity index (χ4n) is 3.32. The summed E-state index contributed by atoms with van der Waals surface area (Å²) in [7, 11) is -3.54. The third-order valence-corrected chi connectivity index (χ3v) is 7.11. The molecule has 1 N–H and O–H groups in total. The van der Waals surface area contributed by atoms with E-state index in [1.807, 2.05) is 41.8 Å². The number of thiazole rings is 1. The van der Waals surface area contributed by atoms with Gasteiger partial charge in [0.15, 0.2) is 5.13 Å². The lowest BCUT2D eigenvalue weighted by Gasteiger charge is -2.31. The molecule has 0 radical (unpaired) electrons. The van der Waals surface area contributed by atoms with Gasteiger partial charge in [0.25, 0.3) is 0 Å². The number of anilines is 1. The van der Waals surface area contributed by atoms with E-state index in [9.17, 15) is 8.42 Å². The topological polar surface area (TPSA) is 62.3 Å². The second-order valence-corrected chi connectivity index (χ2v) is 9.18. The maximum Gasteiger partial charge on any atom is 0.240 e. The first-order valence-corrected chi connectivity index (χ1v) is 11.3. The first-order chi connectivity index (χ1) is 13.1. The van der Waals surface area contributed by atoms with E-state index in [0.717, 1.165) is 42.2 Å². The van der Waals surface area contributed by atoms with E-state index < -0.39 is 10.0 Å². The quantitative estimate of drug-likeness (QED) is 0.710. The lowest BCUT2D eigenvalue weighted by Crippen LogP contribution is -2.44. The van der Waals surface area contributed by atoms with E-state index in [-0.39, 0.29) is 6.04 Å². The summed E-state index contributed by atoms with van der Waals surface area (Å²) >= 11 is 1.62. The van der Waals surface area contributed by atoms with Gasteiger partial charge in [-0.1, -0.05) is 42.5 Å². The van der Waals surface area contributed by atoms with Crippen LogP contribution < -0.4 is 9.62 Å². The largest absolute Gasteiger partial charge is 0.348 e. The number of sulfonamides is 1. The Balaban J connectivity index is 1.45. The van der Waals surface area contributed by atoms with Gasteiger partial charge in [-0.25, -0.2) is 18.1 Å². The Morgan fingerprint density at radius 1 is 1.00 bits per heavy atom. The van der Waals surface area contributed by atoms with Gasteiger partial charge in [0.1, 0.15) is 0 Å². The number of aromatic nitrogens is 1. The van der Waals surface area contributed by atoms with Crippen molar-refractivity contribution >= 4 is 26.5 Å². The standard InChI is InChI=1S/C20H21N3O2S2/c24-27(25,19-8-4-7-17(15-19)16-5-2-1-3-6-16)22-18-9-12-23(13-10-18)20-21-11-14-26-20/h1-8,11,14-15,18,22H,9-10,12-13H2. The molecule has 0 atom stereocenters. The zero-order valence-corrected chi connectivity index (χ0v) is 16.4. The Labute approximate surface area is 163 Å². The van der Waals surface area contributed by atoms with E-state index in [1.54, 1.807) is 35.7 Å². The number of hydrogen-bond acceptors (Lipinski definition) is 5. The molecule has 0 aliphatic carbocycles. The van der Waals surface area contributed by atoms with Crippen LogP contribution in [0.5, 0.6) is 0 Å². The van der Waals surface area contributed by atoms with Crippen molar-refractivity contribution in [2.75, 3.05) is 18.0 Å². The fourth-order valence-corrected chi connectivity index (χ4v) is 5.37. The molecule has 0 spiro atoms. The van der Waals surface area contributed by atoms with E-state index in [1.165, 1.54) is 0 Å². The molecule has 4 rings (SSSR count). The lowest BCUT2D eigenvalue weighted by molar-refractivity contribution is 0.460. The Hall–Kier alpha value is -2.22. The highest BCUT2D eigenvalue weighted by atomic mass is 32.2. The van der Waals surface area contributed by atoms with Crippen molar-refractivity contribution in [2.45, 2.75) is 23.8 Å². The molecule has 2 heterocycles. The molecule has 3 aromatic rings. The molecule has 140 valence electrons. The highest BCUT2D eigenvalue weighted by Gasteiger charge is 2.25. The van der Waals surface area contributed by atoms with Gasteiger partial charge in [-0.05, 0) is 36.1 Å². The van der Waals surface area contributed by atoms with Gasteiger partial charge in [0, 0.05) is 30.7 Å². The summed E-state index contributed by atoms with van der Waals surface area (Å²) in [6, 6.07) is 16.9. The Kier molecular flexibility index (Phi) is 5.24. The van der Waals surface area contributed by atoms with E-state index in [2.05, 4.69) is 14.6 Å². The average Bonchev–Trinajstić information content (AvgIpc) is 3.24. The van der Waals surface area contributed by atoms with E-state index in [4.69, 9.17) is 0 Å². The van der Waals surface area contributed by atoms with Crippen molar-refractivity contribution in [3.05, 3.63) is 66.2 Å². The molecule has 1 aliphatic rings. The Morgan fingerprint density at radius 3 is 2.44 bits per heavy atom. The summed E-state index contributed by atoms with van der Waals surface area (Å²) in [5, 5.41) is 2.97. The van der Waals surface area contributed by atoms with Crippen molar-refractivity contribution < 1.29 is 8.42 Å². The Bertz CT molecular complexity index is 981. The number of rotatable bonds is 5. The van der Waals surface area contributed by atoms with Gasteiger partial charge in [-0.15, -0.1) is 11.3 Å². The van der Waals surface area contributed by atoms with E-state index in [0.29, 0.717) is 4.90 Å². The van der Waals surface area contributed by atoms with Gasteiger partial charge in [-0.2, -0.15) is 0 Å². The SMILES string of the molecule is O=S(=O)(NC1CCN(c2nccs2)CC1)c1cccc(-c2ccccc2)c1. The molecule has 5 nitrogen and oxygen atoms in total. The van der Waals surface area contributed by atoms with Crippen LogP contribution in [0.2, 0.25) is 0 Å². The van der Waals surface area contributed by atoms with Crippen LogP contribution in [0.25, 0.3) is 11.1 Å². The van der Waals surface area contributed by atoms with Gasteiger partial charge in [0.2, 0.25) is 10.0 Å². The average molecular weight is 400 g/mol. The fraction of sp³-hybridized carbons (Fsp3) is 0.250. The van der Waals surface area contributed by atoms with Crippen LogP contribution in [0.15, 0.2) is 71.1 Å². The van der Waals surface area contributed by atoms with Crippen LogP contribution in [0, 0.1) is 0 Å². The first kappa shape index (κ1) is 18.2. The summed E-state index contributed by atoms with van der Waals surface area (Å²) in [6.07, 6.45) is 3.35. The highest BCUT2D eigenvalue weighted by molar-refractivity contribution is 7.89. The minimum absolute atomic E-state index is 0.0495. The zero-order valence-electron chi connectivity index (χ0n) is 14.8. The second-order valence-electron chi connectivity index (χ2n) is 6.59. The van der Waals surface area contributed by atoms with Crippen molar-refractivity contribution in [3.8, 4) is 11.1 Å². The summed E-state index contributed by atoms with van der Waals surface area (Å²) in [5.74, 6) is 0. The van der Waals surface area contributed by atoms with Gasteiger partial charge in [0.05, 0.1) is 4.90 Å². The zero-order chi connectivity index (χ0) is 18.7. The number of nitrogens with one attached hydrogen (secondary N) is 1. The predicted octanol–water partition coefficient (Wildman–Crippen LogP) is 3.76. The lowest BCUT2D eigenvalue weighted by atomic mass is 10.1. The maximum atomic E-state index is 12.9. The maximum absolute atomic E-state index is 12.9. The molecule has 1 fully saturated rings. The van der Waals surface area contributed by atoms with Gasteiger partial charge >= 0.3 is 0 Å². The monoisotopic (exact) mass is 399 g/mol. The van der Waals surface area contributed by atoms with Crippen LogP contribution >= 0.6 is 11.3 Å². The second kappa shape index (κ2) is 7.80. The smallest absolute Gasteiger partial charge is 0.240 e. The minimum Gasteiger partial charge on any atom is -0.348 e. The minimum atomic E-state index is -3.54. The first-order valence-electron chi connectivity index (χ1n) is 8.94. The number of piperidine rings is 1. The molecule has 0 unspecified atom stereocenters. The third kappa shape index (κ3) is 4.21. The Morgan fingerprint density at radius 2 is 1.74 bits per heavy atom. The van der Waals surface area contributed by atoms with Crippen molar-refractivity contribution in [1.82, 2.24) is 9.71 Å². The van der Waals surface area contributed by atoms with Crippen LogP contribution in [-0.4, -0.2) is 32.5 Å². The molecule has 1 saturated heterocycles. The number of hydrogen-bond donors (Lipinski definition) is 1. The van der Waals surface area contributed by atoms with Crippen molar-refractivity contribution in [1.29, 1.82) is 0 Å². The van der Waals surface area contributed by atoms with Crippen LogP contribution in [0.3, 0.4) is 0 Å². The highest BCUT2D eigenvalue weighted by Crippen LogP contribution is 2.25. The molecular formula is C20H21N3O2S2. The van der Waals surface area contributed by atoms with Gasteiger partial charge < -0.3 is 4.90 Å². The summed E-state index contributed by atoms with van der Waals surface area (Å²) in [6.45, 7) is 1.62. The molecule has 0 bridgehead atoms. The van der Waals surface area contributed by atoms with Gasteiger partial charge in [-0.3, -0.25) is 0 Å². The molecule has 7 heteroatoms. The molecule has 2 aromatic carbocycles. The third-order valence-electron chi connectivity index (χ3n) is 4.76. The summed E-state index contributed by atoms with van der Waals surface area (Å²) < 4.78 is 28.6. The van der Waals surface area contributed by atoms with Crippen LogP contribution in [0.1, 0.15) is 12.8 Å². The van der Waals surface area contributed by atoms with Crippen molar-refractivity contribution in [3.63, 3.8) is 0 Å². The molecular weight excluding hydrogens is 378 g/mol. The van der Waals surface area contributed by atoms with Crippen LogP contribution in [0.4, 0.5) is 5.13 Å². The van der Waals surface area contributed by atoms with Crippen molar-refractivity contribution in [2.24, 2.45) is 0 Å². The predicted molar refractivity (Wildman–Crippen MR) is 110 cm³/mol. The molecule has 27 heavy (non-hydrogen) atoms. The molecule has 0 saturated carbocycles. The van der Waals surface area contributed by atoms with Crippen LogP contribution in [-0.2, 0) is 10.0 Å². The summed E-state index contributed by atoms with van der Waals surface area (Å²) in [5.41, 5.74) is 1.91.